The highest BCUT2D eigenvalue weighted by Gasteiger charge is 2.31. The molecule has 2 aliphatic carbocycles. The van der Waals surface area contributed by atoms with Gasteiger partial charge in [-0.05, 0) is 50.9 Å². The normalized spacial score (nSPS) is 28.8. The highest BCUT2D eigenvalue weighted by atomic mass is 16.4. The predicted molar refractivity (Wildman–Crippen MR) is 81.9 cm³/mol. The van der Waals surface area contributed by atoms with Crippen LogP contribution >= 0.6 is 0 Å². The largest absolute Gasteiger partial charge is 0.481 e. The van der Waals surface area contributed by atoms with Crippen LogP contribution in [0.2, 0.25) is 0 Å². The molecule has 0 aliphatic heterocycles. The van der Waals surface area contributed by atoms with Gasteiger partial charge in [0.15, 0.2) is 0 Å². The number of carbonyl (C=O) groups excluding carboxylic acids is 1. The molecule has 0 bridgehead atoms. The Hall–Kier alpha value is -1.06. The number of carbonyl (C=O) groups is 2. The Morgan fingerprint density at radius 2 is 1.57 bits per heavy atom. The Morgan fingerprint density at radius 3 is 2.10 bits per heavy atom. The number of hydrogen-bond acceptors (Lipinski definition) is 2. The average molecular weight is 295 g/mol. The van der Waals surface area contributed by atoms with Gasteiger partial charge in [0.2, 0.25) is 5.91 Å². The summed E-state index contributed by atoms with van der Waals surface area (Å²) in [6.07, 6.45) is 10.1. The molecule has 4 nitrogen and oxygen atoms in total. The standard InChI is InChI=1S/C17H29NO3/c1-2-15(12-6-4-3-5-7-12)18-16(19)13-8-10-14(11-9-13)17(20)21/h12-15H,2-11H2,1H3,(H,18,19)(H,20,21). The number of nitrogens with one attached hydrogen (secondary N) is 1. The Bertz CT molecular complexity index is 355. The molecule has 0 spiro atoms. The van der Waals surface area contributed by atoms with Crippen molar-refractivity contribution >= 4 is 11.9 Å². The van der Waals surface area contributed by atoms with Gasteiger partial charge in [0.25, 0.3) is 0 Å². The van der Waals surface area contributed by atoms with Crippen molar-refractivity contribution in [2.75, 3.05) is 0 Å². The van der Waals surface area contributed by atoms with Crippen molar-refractivity contribution in [3.8, 4) is 0 Å². The van der Waals surface area contributed by atoms with E-state index in [9.17, 15) is 9.59 Å². The van der Waals surface area contributed by atoms with E-state index in [-0.39, 0.29) is 17.7 Å². The zero-order valence-corrected chi connectivity index (χ0v) is 13.1. The second-order valence-corrected chi connectivity index (χ2v) is 6.81. The Kier molecular flexibility index (Phi) is 6.07. The summed E-state index contributed by atoms with van der Waals surface area (Å²) in [5.41, 5.74) is 0. The van der Waals surface area contributed by atoms with Gasteiger partial charge in [0.1, 0.15) is 0 Å². The SMILES string of the molecule is CCC(NC(=O)C1CCC(C(=O)O)CC1)C1CCCCC1. The molecule has 0 radical (unpaired) electrons. The van der Waals surface area contributed by atoms with Crippen molar-refractivity contribution < 1.29 is 14.7 Å². The molecule has 0 aromatic heterocycles. The Morgan fingerprint density at radius 1 is 1.00 bits per heavy atom. The average Bonchev–Trinajstić information content (AvgIpc) is 2.53. The highest BCUT2D eigenvalue weighted by molar-refractivity contribution is 5.79. The van der Waals surface area contributed by atoms with Gasteiger partial charge in [-0.3, -0.25) is 9.59 Å². The molecule has 0 heterocycles. The molecule has 0 aromatic rings. The molecule has 120 valence electrons. The lowest BCUT2D eigenvalue weighted by atomic mass is 9.80. The van der Waals surface area contributed by atoms with E-state index in [1.807, 2.05) is 0 Å². The topological polar surface area (TPSA) is 66.4 Å². The number of amides is 1. The van der Waals surface area contributed by atoms with Gasteiger partial charge in [0, 0.05) is 12.0 Å². The van der Waals surface area contributed by atoms with E-state index < -0.39 is 5.97 Å². The molecule has 4 heteroatoms. The van der Waals surface area contributed by atoms with Gasteiger partial charge in [-0.25, -0.2) is 0 Å². The fourth-order valence-corrected chi connectivity index (χ4v) is 3.99. The monoisotopic (exact) mass is 295 g/mol. The summed E-state index contributed by atoms with van der Waals surface area (Å²) < 4.78 is 0. The summed E-state index contributed by atoms with van der Waals surface area (Å²) in [6, 6.07) is 0.315. The van der Waals surface area contributed by atoms with Crippen molar-refractivity contribution in [2.24, 2.45) is 17.8 Å². The molecule has 21 heavy (non-hydrogen) atoms. The van der Waals surface area contributed by atoms with Gasteiger partial charge in [-0.2, -0.15) is 0 Å². The third-order valence-electron chi connectivity index (χ3n) is 5.43. The van der Waals surface area contributed by atoms with E-state index in [1.54, 1.807) is 0 Å². The first-order valence-electron chi connectivity index (χ1n) is 8.65. The van der Waals surface area contributed by atoms with Crippen LogP contribution in [0.25, 0.3) is 0 Å². The van der Waals surface area contributed by atoms with Gasteiger partial charge in [-0.15, -0.1) is 0 Å². The molecule has 2 fully saturated rings. The first-order valence-corrected chi connectivity index (χ1v) is 8.65. The minimum atomic E-state index is -0.706. The van der Waals surface area contributed by atoms with Crippen LogP contribution in [0.1, 0.15) is 71.1 Å². The first kappa shape index (κ1) is 16.3. The lowest BCUT2D eigenvalue weighted by molar-refractivity contribution is -0.144. The maximum absolute atomic E-state index is 12.4. The fourth-order valence-electron chi connectivity index (χ4n) is 3.99. The molecule has 0 saturated heterocycles. The van der Waals surface area contributed by atoms with Crippen LogP contribution in [0.15, 0.2) is 0 Å². The second kappa shape index (κ2) is 7.81. The van der Waals surface area contributed by atoms with Gasteiger partial charge >= 0.3 is 5.97 Å². The van der Waals surface area contributed by atoms with Crippen LogP contribution in [0, 0.1) is 17.8 Å². The predicted octanol–water partition coefficient (Wildman–Crippen LogP) is 3.35. The minimum Gasteiger partial charge on any atom is -0.481 e. The molecule has 1 atom stereocenters. The number of rotatable bonds is 5. The number of carboxylic acid groups (broad SMARTS) is 1. The summed E-state index contributed by atoms with van der Waals surface area (Å²) in [7, 11) is 0. The maximum Gasteiger partial charge on any atom is 0.306 e. The molecule has 0 aromatic carbocycles. The number of carboxylic acids is 1. The van der Waals surface area contributed by atoms with E-state index >= 15 is 0 Å². The van der Waals surface area contributed by atoms with Crippen LogP contribution in [0.5, 0.6) is 0 Å². The Labute approximate surface area is 127 Å². The number of aliphatic carboxylic acids is 1. The van der Waals surface area contributed by atoms with E-state index in [0.29, 0.717) is 24.8 Å². The third-order valence-corrected chi connectivity index (χ3v) is 5.43. The molecular weight excluding hydrogens is 266 g/mol. The van der Waals surface area contributed by atoms with E-state index in [0.717, 1.165) is 19.3 Å². The molecule has 1 unspecified atom stereocenters. The summed E-state index contributed by atoms with van der Waals surface area (Å²) in [5, 5.41) is 12.3. The molecule has 1 amide bonds. The molecular formula is C17H29NO3. The van der Waals surface area contributed by atoms with Gasteiger partial charge in [-0.1, -0.05) is 26.2 Å². The van der Waals surface area contributed by atoms with Crippen LogP contribution in [-0.2, 0) is 9.59 Å². The quantitative estimate of drug-likeness (QED) is 0.817. The molecule has 2 saturated carbocycles. The van der Waals surface area contributed by atoms with Crippen molar-refractivity contribution in [1.29, 1.82) is 0 Å². The fraction of sp³-hybridized carbons (Fsp3) is 0.882. The van der Waals surface area contributed by atoms with Crippen LogP contribution in [-0.4, -0.2) is 23.0 Å². The zero-order chi connectivity index (χ0) is 15.2. The lowest BCUT2D eigenvalue weighted by Gasteiger charge is -2.32. The highest BCUT2D eigenvalue weighted by Crippen LogP contribution is 2.31. The maximum atomic E-state index is 12.4. The summed E-state index contributed by atoms with van der Waals surface area (Å²) >= 11 is 0. The van der Waals surface area contributed by atoms with E-state index in [2.05, 4.69) is 12.2 Å². The van der Waals surface area contributed by atoms with Crippen molar-refractivity contribution in [2.45, 2.75) is 77.2 Å². The molecule has 2 aliphatic rings. The van der Waals surface area contributed by atoms with Gasteiger partial charge < -0.3 is 10.4 Å². The third kappa shape index (κ3) is 4.45. The zero-order valence-electron chi connectivity index (χ0n) is 13.1. The van der Waals surface area contributed by atoms with Crippen molar-refractivity contribution in [3.63, 3.8) is 0 Å². The van der Waals surface area contributed by atoms with Crippen molar-refractivity contribution in [3.05, 3.63) is 0 Å². The number of hydrogen-bond donors (Lipinski definition) is 2. The van der Waals surface area contributed by atoms with Gasteiger partial charge in [0.05, 0.1) is 5.92 Å². The smallest absolute Gasteiger partial charge is 0.306 e. The summed E-state index contributed by atoms with van der Waals surface area (Å²) in [4.78, 5) is 23.4. The van der Waals surface area contributed by atoms with Crippen molar-refractivity contribution in [1.82, 2.24) is 5.32 Å². The molecule has 2 rings (SSSR count). The van der Waals surface area contributed by atoms with Crippen LogP contribution in [0.4, 0.5) is 0 Å². The second-order valence-electron chi connectivity index (χ2n) is 6.81. The Balaban J connectivity index is 1.81. The van der Waals surface area contributed by atoms with Crippen LogP contribution < -0.4 is 5.32 Å². The van der Waals surface area contributed by atoms with Crippen LogP contribution in [0.3, 0.4) is 0 Å². The summed E-state index contributed by atoms with van der Waals surface area (Å²) in [6.45, 7) is 2.15. The molecule has 2 N–H and O–H groups in total. The van der Waals surface area contributed by atoms with E-state index in [1.165, 1.54) is 32.1 Å². The summed E-state index contributed by atoms with van der Waals surface area (Å²) in [5.74, 6) is -0.116. The van der Waals surface area contributed by atoms with E-state index in [4.69, 9.17) is 5.11 Å². The first-order chi connectivity index (χ1) is 10.1. The minimum absolute atomic E-state index is 0.0261. The lowest BCUT2D eigenvalue weighted by Crippen LogP contribution is -2.44.